The Morgan fingerprint density at radius 1 is 0.211 bits per heavy atom. The van der Waals surface area contributed by atoms with Crippen molar-refractivity contribution in [1.82, 2.24) is 0 Å². The molecule has 402 valence electrons. The van der Waals surface area contributed by atoms with Gasteiger partial charge in [0.05, 0.1) is 0 Å². The topological polar surface area (TPSA) is 0 Å². The van der Waals surface area contributed by atoms with E-state index in [-0.39, 0.29) is 0 Å². The van der Waals surface area contributed by atoms with Gasteiger partial charge in [-0.2, -0.15) is 0 Å². The van der Waals surface area contributed by atoms with Crippen molar-refractivity contribution < 1.29 is 0 Å². The van der Waals surface area contributed by atoms with E-state index in [2.05, 4.69) is 137 Å². The van der Waals surface area contributed by atoms with Gasteiger partial charge >= 0.3 is 0 Å². The molecule has 0 aliphatic heterocycles. The summed E-state index contributed by atoms with van der Waals surface area (Å²) in [4.78, 5) is 7.76. The van der Waals surface area contributed by atoms with E-state index in [4.69, 9.17) is 0 Å². The van der Waals surface area contributed by atoms with Crippen molar-refractivity contribution >= 4 is 91.1 Å². The maximum Gasteiger partial charge on any atom is 0.0215 e. The molecular formula is C66H108S5. The number of unbranched alkanes of at least 4 members (excludes halogenated alkanes) is 30. The summed E-state index contributed by atoms with van der Waals surface area (Å²) >= 11 is 10.9. The van der Waals surface area contributed by atoms with Gasteiger partial charge in [0.2, 0.25) is 0 Å². The zero-order valence-corrected chi connectivity index (χ0v) is 51.3. The number of rotatable bonds is 47. The zero-order valence-electron chi connectivity index (χ0n) is 47.2. The van der Waals surface area contributed by atoms with E-state index >= 15 is 0 Å². The van der Waals surface area contributed by atoms with Crippen molar-refractivity contribution in [2.45, 2.75) is 304 Å². The van der Waals surface area contributed by atoms with Crippen LogP contribution in [0.1, 0.15) is 278 Å². The Labute approximate surface area is 462 Å². The number of fused-ring (bicyclic) bond motifs is 6. The third kappa shape index (κ3) is 25.0. The molecule has 0 unspecified atom stereocenters. The summed E-state index contributed by atoms with van der Waals surface area (Å²) in [6.07, 6.45) is 50.3. The number of hydrogen-bond donors (Lipinski definition) is 0. The fraction of sp³-hybridized carbons (Fsp3) is 0.727. The van der Waals surface area contributed by atoms with Gasteiger partial charge in [0.15, 0.2) is 0 Å². The van der Waals surface area contributed by atoms with Crippen molar-refractivity contribution in [3.8, 4) is 0 Å². The molecule has 0 aliphatic rings. The van der Waals surface area contributed by atoms with Crippen LogP contribution in [0.15, 0.2) is 60.9 Å². The lowest BCUT2D eigenvalue weighted by atomic mass is 9.92. The summed E-state index contributed by atoms with van der Waals surface area (Å²) in [5.41, 5.74) is 1.62. The van der Waals surface area contributed by atoms with Gasteiger partial charge < -0.3 is 0 Å². The molecule has 4 aromatic carbocycles. The molecule has 0 heterocycles. The zero-order chi connectivity index (χ0) is 50.4. The summed E-state index contributed by atoms with van der Waals surface area (Å²) in [6, 6.07) is 16.3. The van der Waals surface area contributed by atoms with Gasteiger partial charge in [-0.25, -0.2) is 0 Å². The van der Waals surface area contributed by atoms with Gasteiger partial charge in [-0.05, 0) is 148 Å². The lowest BCUT2D eigenvalue weighted by Gasteiger charge is -2.20. The third-order valence-corrected chi connectivity index (χ3v) is 20.8. The standard InChI is InChI=1S/C66H108S5/c1-7-13-19-25-31-37-43-55-49-56-57(50-62(55)67-44-38-32-26-20-14-8-2)59-52-64(69-46-40-34-28-22-16-10-4)66(71-48-42-36-30-24-18-12-6)54-61(59)60-53-65(70-47-41-35-29-23-17-11-5)63(51-58(56)60)68-45-39-33-27-21-15-9-3/h49-54H,7-48H2,1-6H3. The molecule has 0 bridgehead atoms. The maximum atomic E-state index is 2.74. The summed E-state index contributed by atoms with van der Waals surface area (Å²) < 4.78 is 0. The Balaban J connectivity index is 1.88. The molecule has 0 nitrogen and oxygen atoms in total. The second-order valence-corrected chi connectivity index (χ2v) is 27.0. The van der Waals surface area contributed by atoms with Crippen molar-refractivity contribution in [1.29, 1.82) is 0 Å². The van der Waals surface area contributed by atoms with Crippen LogP contribution in [0.2, 0.25) is 0 Å². The first-order valence-electron chi connectivity index (χ1n) is 30.8. The molecular weight excluding hydrogens is 953 g/mol. The smallest absolute Gasteiger partial charge is 0.0215 e. The van der Waals surface area contributed by atoms with E-state index in [0.717, 1.165) is 0 Å². The van der Waals surface area contributed by atoms with Gasteiger partial charge in [-0.15, -0.1) is 58.8 Å². The number of hydrogen-bond acceptors (Lipinski definition) is 5. The number of aryl methyl sites for hydroxylation is 1. The van der Waals surface area contributed by atoms with Gasteiger partial charge in [0.1, 0.15) is 0 Å². The Hall–Kier alpha value is -0.590. The van der Waals surface area contributed by atoms with E-state index in [1.165, 1.54) is 299 Å². The van der Waals surface area contributed by atoms with Crippen LogP contribution < -0.4 is 0 Å². The first kappa shape index (κ1) is 62.9. The van der Waals surface area contributed by atoms with Crippen LogP contribution in [0.3, 0.4) is 0 Å². The largest absolute Gasteiger partial charge is 0.126 e. The molecule has 0 spiro atoms. The predicted octanol–water partition coefficient (Wildman–Crippen LogP) is 25.3. The highest BCUT2D eigenvalue weighted by Gasteiger charge is 2.19. The average Bonchev–Trinajstić information content (AvgIpc) is 3.38. The van der Waals surface area contributed by atoms with Crippen LogP contribution in [-0.4, -0.2) is 28.8 Å². The SMILES string of the molecule is CCCCCCCCSc1cc2c(cc1CCCCCCCC)c1cc(SCCCCCCCC)c(SCCCCCCCC)cc1c1cc(SCCCCCCCC)c(SCCCCCCCC)cc21. The van der Waals surface area contributed by atoms with Crippen LogP contribution in [0.4, 0.5) is 0 Å². The summed E-state index contributed by atoms with van der Waals surface area (Å²) in [6.45, 7) is 14.0. The summed E-state index contributed by atoms with van der Waals surface area (Å²) in [5.74, 6) is 6.16. The monoisotopic (exact) mass is 1060 g/mol. The quantitative estimate of drug-likeness (QED) is 0.0245. The normalized spacial score (nSPS) is 11.9. The summed E-state index contributed by atoms with van der Waals surface area (Å²) in [7, 11) is 0. The Morgan fingerprint density at radius 2 is 0.408 bits per heavy atom. The van der Waals surface area contributed by atoms with E-state index in [9.17, 15) is 0 Å². The molecule has 0 aromatic heterocycles. The van der Waals surface area contributed by atoms with E-state index in [1.807, 2.05) is 0 Å². The molecule has 0 amide bonds. The van der Waals surface area contributed by atoms with E-state index in [0.29, 0.717) is 0 Å². The summed E-state index contributed by atoms with van der Waals surface area (Å²) in [5, 5.41) is 9.07. The minimum absolute atomic E-state index is 1.21. The van der Waals surface area contributed by atoms with E-state index in [1.54, 1.807) is 30.0 Å². The molecule has 0 saturated carbocycles. The minimum Gasteiger partial charge on any atom is -0.126 e. The van der Waals surface area contributed by atoms with Crippen LogP contribution in [0.5, 0.6) is 0 Å². The second-order valence-electron chi connectivity index (χ2n) is 21.3. The predicted molar refractivity (Wildman–Crippen MR) is 337 cm³/mol. The van der Waals surface area contributed by atoms with Gasteiger partial charge in [0.25, 0.3) is 0 Å². The highest BCUT2D eigenvalue weighted by atomic mass is 32.2. The van der Waals surface area contributed by atoms with Gasteiger partial charge in [-0.1, -0.05) is 234 Å². The first-order chi connectivity index (χ1) is 35.1. The van der Waals surface area contributed by atoms with Crippen molar-refractivity contribution in [2.24, 2.45) is 0 Å². The van der Waals surface area contributed by atoms with Crippen LogP contribution in [0, 0.1) is 0 Å². The van der Waals surface area contributed by atoms with Crippen LogP contribution in [-0.2, 0) is 6.42 Å². The molecule has 0 atom stereocenters. The Bertz CT molecular complexity index is 1900. The molecule has 0 fully saturated rings. The van der Waals surface area contributed by atoms with Crippen LogP contribution >= 0.6 is 58.8 Å². The molecule has 4 rings (SSSR count). The van der Waals surface area contributed by atoms with Gasteiger partial charge in [-0.3, -0.25) is 0 Å². The van der Waals surface area contributed by atoms with Gasteiger partial charge in [0, 0.05) is 24.5 Å². The Morgan fingerprint density at radius 3 is 0.676 bits per heavy atom. The highest BCUT2D eigenvalue weighted by Crippen LogP contribution is 2.47. The average molecular weight is 1060 g/mol. The molecule has 0 saturated heterocycles. The van der Waals surface area contributed by atoms with E-state index < -0.39 is 0 Å². The molecule has 0 radical (unpaired) electrons. The third-order valence-electron chi connectivity index (χ3n) is 14.8. The molecule has 5 heteroatoms. The molecule has 71 heavy (non-hydrogen) atoms. The van der Waals surface area contributed by atoms with Crippen LogP contribution in [0.25, 0.3) is 32.3 Å². The second kappa shape index (κ2) is 41.6. The number of benzene rings is 4. The molecule has 0 N–H and O–H groups in total. The first-order valence-corrected chi connectivity index (χ1v) is 35.7. The fourth-order valence-electron chi connectivity index (χ4n) is 10.3. The minimum atomic E-state index is 1.21. The maximum absolute atomic E-state index is 2.74. The fourth-order valence-corrected chi connectivity index (χ4v) is 16.0. The Kier molecular flexibility index (Phi) is 36.8. The molecule has 0 aliphatic carbocycles. The number of thioether (sulfide) groups is 5. The lowest BCUT2D eigenvalue weighted by Crippen LogP contribution is -1.96. The van der Waals surface area contributed by atoms with Crippen molar-refractivity contribution in [3.05, 3.63) is 42.0 Å². The highest BCUT2D eigenvalue weighted by molar-refractivity contribution is 8.02. The van der Waals surface area contributed by atoms with Crippen molar-refractivity contribution in [2.75, 3.05) is 28.8 Å². The molecule has 4 aromatic rings. The van der Waals surface area contributed by atoms with Crippen molar-refractivity contribution in [3.63, 3.8) is 0 Å². The lowest BCUT2D eigenvalue weighted by molar-refractivity contribution is 0.606.